The van der Waals surface area contributed by atoms with Gasteiger partial charge >= 0.3 is 127 Å². The van der Waals surface area contributed by atoms with Gasteiger partial charge in [0.05, 0.1) is 136 Å². The van der Waals surface area contributed by atoms with Crippen molar-refractivity contribution in [2.45, 2.75) is 122 Å². The Morgan fingerprint density at radius 3 is 0.965 bits per heavy atom. The fourth-order valence-electron chi connectivity index (χ4n) is 15.1. The first-order chi connectivity index (χ1) is 52.4. The molecule has 1 unspecified atom stereocenters. The smallest absolute Gasteiger partial charge is 0.748 e. The zero-order valence-corrected chi connectivity index (χ0v) is 81.9. The number of hydrogen-bond donors (Lipinski definition) is 0. The predicted octanol–water partition coefficient (Wildman–Crippen LogP) is -6.94. The zero-order valence-electron chi connectivity index (χ0n) is 66.8. The summed E-state index contributed by atoms with van der Waals surface area (Å²) in [6.07, 6.45) is 1.76. The third kappa shape index (κ3) is 29.4. The first kappa shape index (κ1) is 101. The van der Waals surface area contributed by atoms with Crippen LogP contribution in [0.15, 0.2) is 127 Å². The van der Waals surface area contributed by atoms with Gasteiger partial charge in [-0.15, -0.1) is 0 Å². The van der Waals surface area contributed by atoms with Gasteiger partial charge in [0.25, 0.3) is 0 Å². The molecule has 0 fully saturated rings. The monoisotopic (exact) mass is 1780 g/mol. The molecule has 115 heavy (non-hydrogen) atoms. The molecule has 6 bridgehead atoms. The Labute approximate surface area is 765 Å². The number of aliphatic imine (C=N–C) groups is 4. The maximum absolute atomic E-state index is 12.1. The summed E-state index contributed by atoms with van der Waals surface area (Å²) in [5.74, 6) is -2.36. The molecule has 0 saturated carbocycles. The van der Waals surface area contributed by atoms with Crippen LogP contribution in [0.3, 0.4) is 0 Å². The van der Waals surface area contributed by atoms with Crippen molar-refractivity contribution < 1.29 is 224 Å². The summed E-state index contributed by atoms with van der Waals surface area (Å²) in [5.41, 5.74) is 3.50. The van der Waals surface area contributed by atoms with Gasteiger partial charge in [-0.05, 0) is 115 Å². The Bertz CT molecular complexity index is 4960. The summed E-state index contributed by atoms with van der Waals surface area (Å²) in [5, 5.41) is 13.4. The molecule has 0 aliphatic carbocycles. The van der Waals surface area contributed by atoms with Crippen LogP contribution in [0.5, 0.6) is 0 Å². The average molecular weight is 1780 g/mol. The SMILES string of the molecule is C[Si](C)(CCC[N+](CCCCS(=O)(=O)[O-])(CCCCS(=O)(=O)[O-])CCCCS(=O)(=O)[O-])O[Si]1(O[Si](C)(C)CCC[N+](CCCCS(=O)(=O)[O-])(CCCCS(=O)(=O)[O-])CCOCCOCCOCCC(=O)[O-])n2c3c4ccccc4c2N=C2N=C(N=c4c5ccccc5c(n41)=NC1=NC(=N3)c3ccccc31)c1ccccc12.[Na+].[Na+].[Na+].[Na+]. The summed E-state index contributed by atoms with van der Waals surface area (Å²) in [4.78, 5) is 44.0. The van der Waals surface area contributed by atoms with Crippen LogP contribution in [0, 0.1) is 0 Å². The van der Waals surface area contributed by atoms with Crippen LogP contribution in [0.2, 0.25) is 38.3 Å². The number of amidine groups is 4. The zero-order chi connectivity index (χ0) is 80.1. The summed E-state index contributed by atoms with van der Waals surface area (Å²) in [6.45, 7) is 11.5. The number of carbonyl (C=O) groups is 1. The van der Waals surface area contributed by atoms with E-state index < -0.39 is 111 Å². The second-order valence-corrected chi connectivity index (χ2v) is 49.1. The molecule has 608 valence electrons. The Balaban J connectivity index is 0.00000514. The number of fused-ring (bicyclic) bond motifs is 14. The van der Waals surface area contributed by atoms with Gasteiger partial charge in [0.15, 0.2) is 40.0 Å². The number of rotatable bonds is 49. The van der Waals surface area contributed by atoms with Gasteiger partial charge in [-0.1, -0.05) is 97.1 Å². The van der Waals surface area contributed by atoms with Gasteiger partial charge in [-0.25, -0.2) is 72.0 Å². The number of aromatic nitrogens is 2. The maximum Gasteiger partial charge on any atom is 1.00 e. The molecule has 0 N–H and O–H groups in total. The van der Waals surface area contributed by atoms with Crippen LogP contribution in [0.1, 0.15) is 106 Å². The molecule has 4 aliphatic heterocycles. The van der Waals surface area contributed by atoms with E-state index in [2.05, 4.69) is 26.2 Å². The number of ether oxygens (including phenoxy) is 3. The number of unbranched alkanes of at least 4 members (excludes halogenated alkanes) is 5. The van der Waals surface area contributed by atoms with E-state index in [0.29, 0.717) is 147 Å². The number of carboxylic acid groups (broad SMARTS) is 1. The fraction of sp³-hybridized carbons (Fsp3) is 0.535. The van der Waals surface area contributed by atoms with E-state index in [-0.39, 0.29) is 257 Å². The van der Waals surface area contributed by atoms with Crippen molar-refractivity contribution in [2.24, 2.45) is 30.0 Å². The number of quaternary nitrogens is 2. The summed E-state index contributed by atoms with van der Waals surface area (Å²) < 4.78 is 219. The molecule has 1 atom stereocenters. The van der Waals surface area contributed by atoms with Gasteiger partial charge in [0, 0.05) is 85.0 Å². The number of nitrogens with zero attached hydrogens (tertiary/aromatic N) is 10. The topological polar surface area (TPSA) is 456 Å². The number of hydrogen-bond acceptors (Lipinski definition) is 28. The summed E-state index contributed by atoms with van der Waals surface area (Å²) in [7, 11) is -35.2. The second-order valence-electron chi connectivity index (χ2n) is 29.9. The Kier molecular flexibility index (Phi) is 39.1. The first-order valence-electron chi connectivity index (χ1n) is 37.3. The van der Waals surface area contributed by atoms with Crippen LogP contribution < -0.4 is 134 Å². The van der Waals surface area contributed by atoms with Gasteiger partial charge in [-0.2, -0.15) is 0 Å². The van der Waals surface area contributed by atoms with Gasteiger partial charge in [0.2, 0.25) is 0 Å². The number of aliphatic carboxylic acids is 1. The van der Waals surface area contributed by atoms with E-state index in [1.807, 2.05) is 106 Å². The molecule has 4 aliphatic rings. The average Bonchev–Trinajstić information content (AvgIpc) is 1.53. The number of benzene rings is 4. The third-order valence-corrected chi connectivity index (χ3v) is 35.8. The summed E-state index contributed by atoms with van der Waals surface area (Å²) in [6, 6.07) is 31.5. The van der Waals surface area contributed by atoms with Gasteiger partial charge in [0.1, 0.15) is 29.2 Å². The molecule has 0 amide bonds. The second kappa shape index (κ2) is 44.3. The number of carboxylic acids is 1. The Morgan fingerprint density at radius 1 is 0.365 bits per heavy atom. The van der Waals surface area contributed by atoms with Crippen molar-refractivity contribution >= 4 is 139 Å². The molecule has 44 heteroatoms. The molecule has 6 heterocycles. The molecular formula is C71H96N10Na4O22S5Si3. The van der Waals surface area contributed by atoms with E-state index in [1.54, 1.807) is 0 Å². The Morgan fingerprint density at radius 2 is 0.643 bits per heavy atom. The van der Waals surface area contributed by atoms with Crippen molar-refractivity contribution in [3.05, 3.63) is 130 Å². The quantitative estimate of drug-likeness (QED) is 0.0148. The molecule has 0 saturated heterocycles. The summed E-state index contributed by atoms with van der Waals surface area (Å²) >= 11 is 0. The van der Waals surface area contributed by atoms with Crippen LogP contribution in [0.4, 0.5) is 11.6 Å². The van der Waals surface area contributed by atoms with E-state index >= 15 is 0 Å². The molecule has 10 rings (SSSR count). The molecule has 32 nitrogen and oxygen atoms in total. The van der Waals surface area contributed by atoms with Crippen molar-refractivity contribution in [2.75, 3.05) is 121 Å². The van der Waals surface area contributed by atoms with Crippen LogP contribution in [-0.2, 0) is 77.8 Å². The van der Waals surface area contributed by atoms with Crippen LogP contribution >= 0.6 is 0 Å². The Hall–Kier alpha value is -2.37. The van der Waals surface area contributed by atoms with E-state index in [1.165, 1.54) is 0 Å². The predicted molar refractivity (Wildman–Crippen MR) is 418 cm³/mol. The van der Waals surface area contributed by atoms with Crippen LogP contribution in [0.25, 0.3) is 21.5 Å². The number of carbonyl (C=O) groups excluding carboxylic acids is 1. The molecular weight excluding hydrogens is 1680 g/mol. The molecule has 0 radical (unpaired) electrons. The van der Waals surface area contributed by atoms with Crippen molar-refractivity contribution in [3.63, 3.8) is 0 Å². The molecule has 2 aromatic heterocycles. The first-order valence-corrected chi connectivity index (χ1v) is 53.2. The fourth-order valence-corrected chi connectivity index (χ4v) is 30.4. The minimum atomic E-state index is -5.01. The largest absolute Gasteiger partial charge is 1.00 e. The van der Waals surface area contributed by atoms with Gasteiger partial charge < -0.3 is 64.1 Å². The minimum Gasteiger partial charge on any atom is -0.748 e. The normalized spacial score (nSPS) is 15.5. The molecule has 6 aromatic rings. The van der Waals surface area contributed by atoms with E-state index in [9.17, 15) is 74.8 Å². The maximum atomic E-state index is 12.1. The third-order valence-electron chi connectivity index (χ3n) is 20.2. The van der Waals surface area contributed by atoms with Crippen LogP contribution in [-0.4, -0.2) is 258 Å². The van der Waals surface area contributed by atoms with E-state index in [0.717, 1.165) is 0 Å². The van der Waals surface area contributed by atoms with Crippen molar-refractivity contribution in [1.82, 2.24) is 8.47 Å². The standard InChI is InChI=1S/C71H100N10O22S5Si3.4Na/c1-109(2,53-23-39-80(34-13-18-48-104(84,85)86,35-14-19-49-105(87,88)89)36-15-20-50-106(90,91)92)102-111(103-110(3,4)54-24-40-81(37-16-21-51-107(93,94)95,38-17-22-52-108(96,97)98)41-43-100-45-47-101-46-44-99-42-33-63(82)83)78-68-59-29-9-10-30-60(59)70(78)76-66-57-27-7-8-28-58(57)67(73-66)77-71-62-32-12-11-31-61(62)69(79(71)111)75-65-56-26-6-5-25-55(56)64(72-65)74-68;;;;/h5-12,25-32H,13-24,33-54H2,1-4H3,(H4-2,82,83,84,85,86,87,88,89,90,91,92,93,94,95,96,97,98);;;;/q;4*+1/p-4. The minimum absolute atomic E-state index is 0. The van der Waals surface area contributed by atoms with E-state index in [4.69, 9.17) is 52.4 Å². The molecule has 4 aromatic carbocycles. The van der Waals surface area contributed by atoms with Crippen molar-refractivity contribution in [1.29, 1.82) is 0 Å². The van der Waals surface area contributed by atoms with Crippen molar-refractivity contribution in [3.8, 4) is 0 Å². The molecule has 0 spiro atoms. The van der Waals surface area contributed by atoms with Gasteiger partial charge in [-0.3, -0.25) is 8.47 Å².